The highest BCUT2D eigenvalue weighted by Crippen LogP contribution is 2.23. The lowest BCUT2D eigenvalue weighted by Crippen LogP contribution is -2.47. The number of likely N-dealkylation sites (tertiary alicyclic amines) is 1. The van der Waals surface area contributed by atoms with Crippen LogP contribution in [0.4, 0.5) is 4.39 Å². The summed E-state index contributed by atoms with van der Waals surface area (Å²) in [6, 6.07) is 15.7. The number of nitrogens with zero attached hydrogens (tertiary/aromatic N) is 2. The largest absolute Gasteiger partial charge is 0.484 e. The molecule has 182 valence electrons. The minimum atomic E-state index is -0.274. The lowest BCUT2D eigenvalue weighted by atomic mass is 9.95. The standard InChI is InChI=1S/C26H32FN3O4/c27-22-8-6-20(7-9-22)24(29-14-16-33-17-15-29)18-28-26(32)21-10-12-30(13-11-21)25(31)19-34-23-4-2-1-3-5-23/h1-9,21,24H,10-19H2,(H,28,32). The molecule has 2 amide bonds. The summed E-state index contributed by atoms with van der Waals surface area (Å²) in [6.45, 7) is 4.36. The van der Waals surface area contributed by atoms with E-state index in [1.165, 1.54) is 12.1 Å². The van der Waals surface area contributed by atoms with E-state index in [1.54, 1.807) is 17.0 Å². The predicted octanol–water partition coefficient (Wildman–Crippen LogP) is 2.63. The molecule has 7 nitrogen and oxygen atoms in total. The van der Waals surface area contributed by atoms with Gasteiger partial charge in [0.05, 0.1) is 19.3 Å². The molecule has 2 fully saturated rings. The molecule has 4 rings (SSSR count). The molecule has 2 heterocycles. The number of nitrogens with one attached hydrogen (secondary N) is 1. The van der Waals surface area contributed by atoms with Gasteiger partial charge in [0.1, 0.15) is 11.6 Å². The molecule has 1 atom stereocenters. The van der Waals surface area contributed by atoms with Gasteiger partial charge in [0.15, 0.2) is 6.61 Å². The highest BCUT2D eigenvalue weighted by atomic mass is 19.1. The molecule has 0 bridgehead atoms. The van der Waals surface area contributed by atoms with Gasteiger partial charge in [-0.1, -0.05) is 30.3 Å². The minimum absolute atomic E-state index is 0.000223. The molecule has 0 aromatic heterocycles. The van der Waals surface area contributed by atoms with Gasteiger partial charge in [-0.2, -0.15) is 0 Å². The summed E-state index contributed by atoms with van der Waals surface area (Å²) in [5.41, 5.74) is 0.974. The van der Waals surface area contributed by atoms with Crippen LogP contribution in [0.25, 0.3) is 0 Å². The number of amides is 2. The second-order valence-electron chi connectivity index (χ2n) is 8.72. The number of halogens is 1. The van der Waals surface area contributed by atoms with Crippen LogP contribution in [0.15, 0.2) is 54.6 Å². The number of piperidine rings is 1. The van der Waals surface area contributed by atoms with Crippen LogP contribution in [-0.2, 0) is 14.3 Å². The van der Waals surface area contributed by atoms with Crippen LogP contribution in [0.3, 0.4) is 0 Å². The average molecular weight is 470 g/mol. The zero-order chi connectivity index (χ0) is 23.8. The van der Waals surface area contributed by atoms with Gasteiger partial charge >= 0.3 is 0 Å². The second kappa shape index (κ2) is 11.9. The first-order valence-corrected chi connectivity index (χ1v) is 11.9. The van der Waals surface area contributed by atoms with Crippen molar-refractivity contribution in [3.63, 3.8) is 0 Å². The van der Waals surface area contributed by atoms with E-state index in [0.29, 0.717) is 51.4 Å². The van der Waals surface area contributed by atoms with Gasteiger partial charge in [0.2, 0.25) is 5.91 Å². The molecule has 2 aromatic rings. The quantitative estimate of drug-likeness (QED) is 0.644. The van der Waals surface area contributed by atoms with Gasteiger partial charge in [-0.25, -0.2) is 4.39 Å². The Morgan fingerprint density at radius 3 is 2.35 bits per heavy atom. The number of carbonyl (C=O) groups is 2. The van der Waals surface area contributed by atoms with Crippen LogP contribution in [0.5, 0.6) is 5.75 Å². The van der Waals surface area contributed by atoms with E-state index in [0.717, 1.165) is 18.7 Å². The van der Waals surface area contributed by atoms with E-state index in [1.807, 2.05) is 30.3 Å². The van der Waals surface area contributed by atoms with Crippen LogP contribution >= 0.6 is 0 Å². The first kappa shape index (κ1) is 24.2. The molecule has 2 aliphatic rings. The van der Waals surface area contributed by atoms with Gasteiger partial charge in [-0.05, 0) is 42.7 Å². The Morgan fingerprint density at radius 1 is 1.00 bits per heavy atom. The highest BCUT2D eigenvalue weighted by molar-refractivity contribution is 5.80. The number of hydrogen-bond donors (Lipinski definition) is 1. The Hall–Kier alpha value is -2.97. The van der Waals surface area contributed by atoms with E-state index in [-0.39, 0.29) is 36.2 Å². The van der Waals surface area contributed by atoms with Crippen molar-refractivity contribution < 1.29 is 23.5 Å². The fraction of sp³-hybridized carbons (Fsp3) is 0.462. The first-order valence-electron chi connectivity index (χ1n) is 11.9. The van der Waals surface area contributed by atoms with Crippen molar-refractivity contribution in [3.8, 4) is 5.75 Å². The summed E-state index contributed by atoms with van der Waals surface area (Å²) in [5.74, 6) is 0.210. The van der Waals surface area contributed by atoms with Gasteiger partial charge in [-0.3, -0.25) is 14.5 Å². The van der Waals surface area contributed by atoms with Crippen molar-refractivity contribution in [1.82, 2.24) is 15.1 Å². The smallest absolute Gasteiger partial charge is 0.260 e. The van der Waals surface area contributed by atoms with Crippen LogP contribution < -0.4 is 10.1 Å². The fourth-order valence-electron chi connectivity index (χ4n) is 4.52. The lowest BCUT2D eigenvalue weighted by Gasteiger charge is -2.36. The van der Waals surface area contributed by atoms with Crippen molar-refractivity contribution >= 4 is 11.8 Å². The topological polar surface area (TPSA) is 71.1 Å². The van der Waals surface area contributed by atoms with Crippen LogP contribution in [0, 0.1) is 11.7 Å². The van der Waals surface area contributed by atoms with E-state index < -0.39 is 0 Å². The molecule has 8 heteroatoms. The third kappa shape index (κ3) is 6.55. The number of ether oxygens (including phenoxy) is 2. The van der Waals surface area contributed by atoms with Crippen molar-refractivity contribution in [2.24, 2.45) is 5.92 Å². The van der Waals surface area contributed by atoms with Crippen LogP contribution in [-0.4, -0.2) is 74.2 Å². The third-order valence-corrected chi connectivity index (χ3v) is 6.53. The number of morpholine rings is 1. The van der Waals surface area contributed by atoms with E-state index in [4.69, 9.17) is 9.47 Å². The summed E-state index contributed by atoms with van der Waals surface area (Å²) in [6.07, 6.45) is 1.25. The zero-order valence-corrected chi connectivity index (χ0v) is 19.3. The monoisotopic (exact) mass is 469 g/mol. The maximum Gasteiger partial charge on any atom is 0.260 e. The molecule has 34 heavy (non-hydrogen) atoms. The first-order chi connectivity index (χ1) is 16.6. The molecule has 2 saturated heterocycles. The Balaban J connectivity index is 1.26. The van der Waals surface area contributed by atoms with Crippen molar-refractivity contribution in [2.75, 3.05) is 52.5 Å². The van der Waals surface area contributed by atoms with Crippen LogP contribution in [0.2, 0.25) is 0 Å². The number of para-hydroxylation sites is 1. The molecule has 1 N–H and O–H groups in total. The number of carbonyl (C=O) groups excluding carboxylic acids is 2. The summed E-state index contributed by atoms with van der Waals surface area (Å²) < 4.78 is 24.5. The number of rotatable bonds is 8. The van der Waals surface area contributed by atoms with Crippen molar-refractivity contribution in [1.29, 1.82) is 0 Å². The van der Waals surface area contributed by atoms with Gasteiger partial charge in [0, 0.05) is 38.6 Å². The Bertz CT molecular complexity index is 927. The SMILES string of the molecule is O=C(NCC(c1ccc(F)cc1)N1CCOCC1)C1CCN(C(=O)COc2ccccc2)CC1. The summed E-state index contributed by atoms with van der Waals surface area (Å²) >= 11 is 0. The average Bonchev–Trinajstić information content (AvgIpc) is 2.89. The minimum Gasteiger partial charge on any atom is -0.484 e. The van der Waals surface area contributed by atoms with Crippen molar-refractivity contribution in [2.45, 2.75) is 18.9 Å². The molecule has 2 aromatic carbocycles. The highest BCUT2D eigenvalue weighted by Gasteiger charge is 2.29. The lowest BCUT2D eigenvalue weighted by molar-refractivity contribution is -0.137. The molecule has 2 aliphatic heterocycles. The zero-order valence-electron chi connectivity index (χ0n) is 19.3. The Morgan fingerprint density at radius 2 is 1.68 bits per heavy atom. The molecule has 0 radical (unpaired) electrons. The molecule has 0 saturated carbocycles. The van der Waals surface area contributed by atoms with E-state index in [2.05, 4.69) is 10.2 Å². The normalized spacial score (nSPS) is 18.3. The van der Waals surface area contributed by atoms with Crippen LogP contribution in [0.1, 0.15) is 24.4 Å². The summed E-state index contributed by atoms with van der Waals surface area (Å²) in [5, 5.41) is 3.11. The molecule has 0 spiro atoms. The molecular formula is C26H32FN3O4. The van der Waals surface area contributed by atoms with Crippen molar-refractivity contribution in [3.05, 3.63) is 66.0 Å². The Kier molecular flexibility index (Phi) is 8.49. The van der Waals surface area contributed by atoms with Gasteiger partial charge < -0.3 is 19.7 Å². The van der Waals surface area contributed by atoms with Gasteiger partial charge in [0.25, 0.3) is 5.91 Å². The maximum atomic E-state index is 13.4. The summed E-state index contributed by atoms with van der Waals surface area (Å²) in [4.78, 5) is 29.4. The third-order valence-electron chi connectivity index (χ3n) is 6.53. The second-order valence-corrected chi connectivity index (χ2v) is 8.72. The van der Waals surface area contributed by atoms with E-state index in [9.17, 15) is 14.0 Å². The predicted molar refractivity (Wildman–Crippen MR) is 126 cm³/mol. The van der Waals surface area contributed by atoms with Gasteiger partial charge in [-0.15, -0.1) is 0 Å². The molecule has 0 aliphatic carbocycles. The number of benzene rings is 2. The summed E-state index contributed by atoms with van der Waals surface area (Å²) in [7, 11) is 0. The van der Waals surface area contributed by atoms with E-state index >= 15 is 0 Å². The molecular weight excluding hydrogens is 437 g/mol. The number of hydrogen-bond acceptors (Lipinski definition) is 5. The fourth-order valence-corrected chi connectivity index (χ4v) is 4.52. The Labute approximate surface area is 199 Å². The maximum absolute atomic E-state index is 13.4. The molecule has 1 unspecified atom stereocenters.